The summed E-state index contributed by atoms with van der Waals surface area (Å²) in [6.07, 6.45) is -9.12. The number of aryl methyl sites for hydroxylation is 1. The first-order valence-electron chi connectivity index (χ1n) is 7.49. The Balaban J connectivity index is 2.53. The highest BCUT2D eigenvalue weighted by atomic mass is 19.4. The summed E-state index contributed by atoms with van der Waals surface area (Å²) >= 11 is 0. The van der Waals surface area contributed by atoms with Gasteiger partial charge >= 0.3 is 23.9 Å². The second kappa shape index (κ2) is 5.78. The lowest BCUT2D eigenvalue weighted by atomic mass is 9.76. The maximum atomic E-state index is 14.1. The van der Waals surface area contributed by atoms with Crippen molar-refractivity contribution in [3.63, 3.8) is 0 Å². The molecular weight excluding hydrogens is 393 g/mol. The molecule has 0 saturated heterocycles. The van der Waals surface area contributed by atoms with Crippen LogP contribution < -0.4 is 4.90 Å². The first-order valence-corrected chi connectivity index (χ1v) is 7.49. The molecule has 0 aliphatic carbocycles. The number of anilines is 1. The van der Waals surface area contributed by atoms with E-state index in [1.807, 2.05) is 0 Å². The number of nitrogens with zero attached hydrogens (tertiary/aromatic N) is 1. The van der Waals surface area contributed by atoms with Crippen LogP contribution in [0.4, 0.5) is 45.2 Å². The standard InChI is InChI=1S/C16H14F9NO/c1-8-4-5-9-10(6-8)26(3)11(27)12(9,2)7-13(17,18)14(19,20)15(21,22)16(23,24)25/h4-6H,7H2,1-3H3/t12-/m0/s1. The minimum absolute atomic E-state index is 0.0872. The quantitative estimate of drug-likeness (QED) is 0.637. The van der Waals surface area contributed by atoms with Crippen molar-refractivity contribution in [1.29, 1.82) is 0 Å². The molecule has 1 atom stereocenters. The topological polar surface area (TPSA) is 20.3 Å². The van der Waals surface area contributed by atoms with E-state index >= 15 is 0 Å². The molecule has 0 aromatic heterocycles. The average molecular weight is 407 g/mol. The number of rotatable bonds is 4. The average Bonchev–Trinajstić information content (AvgIpc) is 2.67. The molecule has 1 amide bonds. The predicted molar refractivity (Wildman–Crippen MR) is 77.5 cm³/mol. The summed E-state index contributed by atoms with van der Waals surface area (Å²) in [5.41, 5.74) is -1.89. The summed E-state index contributed by atoms with van der Waals surface area (Å²) in [7, 11) is 1.16. The third kappa shape index (κ3) is 2.85. The van der Waals surface area contributed by atoms with Gasteiger partial charge in [0.05, 0.1) is 5.41 Å². The second-order valence-corrected chi connectivity index (χ2v) is 6.74. The van der Waals surface area contributed by atoms with Gasteiger partial charge in [-0.15, -0.1) is 0 Å². The minimum Gasteiger partial charge on any atom is -0.314 e. The minimum atomic E-state index is -6.98. The van der Waals surface area contributed by atoms with Crippen molar-refractivity contribution >= 4 is 11.6 Å². The Kier molecular flexibility index (Phi) is 4.57. The monoisotopic (exact) mass is 407 g/mol. The van der Waals surface area contributed by atoms with Crippen LogP contribution in [0.5, 0.6) is 0 Å². The molecule has 0 bridgehead atoms. The summed E-state index contributed by atoms with van der Waals surface area (Å²) in [6, 6.07) is 3.95. The SMILES string of the molecule is Cc1ccc2c(c1)N(C)C(=O)[C@@]2(C)CC(F)(F)C(F)(F)C(F)(F)C(F)(F)F. The van der Waals surface area contributed by atoms with Gasteiger partial charge in [-0.25, -0.2) is 0 Å². The number of alkyl halides is 9. The van der Waals surface area contributed by atoms with E-state index < -0.39 is 41.7 Å². The molecule has 0 fully saturated rings. The zero-order valence-corrected chi connectivity index (χ0v) is 14.2. The molecule has 0 spiro atoms. The number of hydrogen-bond donors (Lipinski definition) is 0. The smallest absolute Gasteiger partial charge is 0.314 e. The Hall–Kier alpha value is -1.94. The predicted octanol–water partition coefficient (Wildman–Crippen LogP) is 5.09. The fourth-order valence-electron chi connectivity index (χ4n) is 3.11. The summed E-state index contributed by atoms with van der Waals surface area (Å²) in [4.78, 5) is 13.3. The number of carbonyl (C=O) groups is 1. The van der Waals surface area contributed by atoms with Crippen molar-refractivity contribution in [2.75, 3.05) is 11.9 Å². The second-order valence-electron chi connectivity index (χ2n) is 6.74. The van der Waals surface area contributed by atoms with Gasteiger partial charge in [-0.2, -0.15) is 39.5 Å². The summed E-state index contributed by atoms with van der Waals surface area (Å²) in [5.74, 6) is -20.7. The maximum absolute atomic E-state index is 14.1. The van der Waals surface area contributed by atoms with Crippen molar-refractivity contribution in [3.05, 3.63) is 29.3 Å². The van der Waals surface area contributed by atoms with Crippen molar-refractivity contribution in [1.82, 2.24) is 0 Å². The highest BCUT2D eigenvalue weighted by Crippen LogP contribution is 2.57. The van der Waals surface area contributed by atoms with Gasteiger partial charge in [0.2, 0.25) is 5.91 Å². The van der Waals surface area contributed by atoms with E-state index in [9.17, 15) is 44.3 Å². The van der Waals surface area contributed by atoms with Crippen LogP contribution in [0.25, 0.3) is 0 Å². The van der Waals surface area contributed by atoms with Crippen LogP contribution in [-0.4, -0.2) is 36.9 Å². The van der Waals surface area contributed by atoms with Crippen LogP contribution in [0.3, 0.4) is 0 Å². The van der Waals surface area contributed by atoms with Gasteiger partial charge < -0.3 is 4.90 Å². The molecule has 0 radical (unpaired) electrons. The van der Waals surface area contributed by atoms with Crippen LogP contribution in [0, 0.1) is 6.92 Å². The van der Waals surface area contributed by atoms with Crippen LogP contribution in [0.1, 0.15) is 24.5 Å². The van der Waals surface area contributed by atoms with E-state index in [-0.39, 0.29) is 11.3 Å². The molecule has 1 aliphatic heterocycles. The molecule has 2 nitrogen and oxygen atoms in total. The first-order chi connectivity index (χ1) is 11.9. The maximum Gasteiger partial charge on any atom is 0.460 e. The van der Waals surface area contributed by atoms with E-state index in [1.165, 1.54) is 18.2 Å². The van der Waals surface area contributed by atoms with Gasteiger partial charge in [-0.3, -0.25) is 4.79 Å². The van der Waals surface area contributed by atoms with E-state index in [0.717, 1.165) is 18.9 Å². The fourth-order valence-corrected chi connectivity index (χ4v) is 3.11. The number of carbonyl (C=O) groups excluding carboxylic acids is 1. The van der Waals surface area contributed by atoms with Gasteiger partial charge in [0, 0.05) is 19.2 Å². The van der Waals surface area contributed by atoms with Gasteiger partial charge in [-0.1, -0.05) is 12.1 Å². The van der Waals surface area contributed by atoms with Crippen LogP contribution >= 0.6 is 0 Å². The Morgan fingerprint density at radius 3 is 1.96 bits per heavy atom. The molecule has 0 saturated carbocycles. The lowest BCUT2D eigenvalue weighted by molar-refractivity contribution is -0.397. The molecule has 1 heterocycles. The molecule has 1 aromatic carbocycles. The molecule has 0 unspecified atom stereocenters. The molecule has 1 aromatic rings. The lowest BCUT2D eigenvalue weighted by Gasteiger charge is -2.37. The number of likely N-dealkylation sites (N-methyl/N-ethyl adjacent to an activating group) is 1. The van der Waals surface area contributed by atoms with Gasteiger partial charge in [-0.05, 0) is 31.0 Å². The number of halogens is 9. The van der Waals surface area contributed by atoms with Crippen molar-refractivity contribution in [2.24, 2.45) is 0 Å². The van der Waals surface area contributed by atoms with Crippen molar-refractivity contribution in [2.45, 2.75) is 49.6 Å². The van der Waals surface area contributed by atoms with E-state index in [0.29, 0.717) is 5.56 Å². The third-order valence-corrected chi connectivity index (χ3v) is 4.67. The number of fused-ring (bicyclic) bond motifs is 1. The Morgan fingerprint density at radius 2 is 1.48 bits per heavy atom. The van der Waals surface area contributed by atoms with E-state index in [4.69, 9.17) is 0 Å². The van der Waals surface area contributed by atoms with E-state index in [2.05, 4.69) is 0 Å². The molecule has 1 aliphatic rings. The largest absolute Gasteiger partial charge is 0.460 e. The van der Waals surface area contributed by atoms with Crippen molar-refractivity contribution < 1.29 is 44.3 Å². The molecule has 0 N–H and O–H groups in total. The zero-order chi connectivity index (χ0) is 21.2. The first kappa shape index (κ1) is 21.4. The molecule has 27 heavy (non-hydrogen) atoms. The number of hydrogen-bond acceptors (Lipinski definition) is 1. The highest BCUT2D eigenvalue weighted by Gasteiger charge is 2.82. The van der Waals surface area contributed by atoms with Crippen LogP contribution in [0.2, 0.25) is 0 Å². The number of amides is 1. The molecule has 152 valence electrons. The summed E-state index contributed by atoms with van der Waals surface area (Å²) in [6.45, 7) is 2.41. The normalized spacial score (nSPS) is 21.6. The molecule has 2 rings (SSSR count). The van der Waals surface area contributed by atoms with Gasteiger partial charge in [0.1, 0.15) is 0 Å². The Bertz CT molecular complexity index is 772. The fraction of sp³-hybridized carbons (Fsp3) is 0.562. The summed E-state index contributed by atoms with van der Waals surface area (Å²) in [5, 5.41) is 0. The molecule has 11 heteroatoms. The van der Waals surface area contributed by atoms with Crippen LogP contribution in [-0.2, 0) is 10.2 Å². The summed E-state index contributed by atoms with van der Waals surface area (Å²) < 4.78 is 118. The third-order valence-electron chi connectivity index (χ3n) is 4.67. The van der Waals surface area contributed by atoms with Crippen molar-refractivity contribution in [3.8, 4) is 0 Å². The Labute approximate surface area is 147 Å². The number of benzene rings is 1. The lowest BCUT2D eigenvalue weighted by Crippen LogP contribution is -2.62. The van der Waals surface area contributed by atoms with E-state index in [1.54, 1.807) is 6.92 Å². The van der Waals surface area contributed by atoms with Crippen LogP contribution in [0.15, 0.2) is 18.2 Å². The zero-order valence-electron chi connectivity index (χ0n) is 14.2. The molecular formula is C16H14F9NO. The highest BCUT2D eigenvalue weighted by molar-refractivity contribution is 6.07. The van der Waals surface area contributed by atoms with Gasteiger partial charge in [0.25, 0.3) is 0 Å². The van der Waals surface area contributed by atoms with Gasteiger partial charge in [0.15, 0.2) is 0 Å². The Morgan fingerprint density at radius 1 is 0.963 bits per heavy atom.